The van der Waals surface area contributed by atoms with E-state index in [2.05, 4.69) is 24.5 Å². The van der Waals surface area contributed by atoms with Crippen molar-refractivity contribution in [2.75, 3.05) is 5.32 Å². The Hall–Kier alpha value is -2.04. The summed E-state index contributed by atoms with van der Waals surface area (Å²) in [5.41, 5.74) is 1.48. The van der Waals surface area contributed by atoms with E-state index >= 15 is 0 Å². The van der Waals surface area contributed by atoms with Crippen LogP contribution in [0.1, 0.15) is 42.6 Å². The van der Waals surface area contributed by atoms with Gasteiger partial charge >= 0.3 is 12.0 Å². The van der Waals surface area contributed by atoms with Gasteiger partial charge in [-0.2, -0.15) is 0 Å². The molecule has 1 fully saturated rings. The second kappa shape index (κ2) is 6.16. The third-order valence-electron chi connectivity index (χ3n) is 4.50. The molecule has 2 rings (SSSR count). The van der Waals surface area contributed by atoms with Gasteiger partial charge in [0.25, 0.3) is 0 Å². The molecule has 0 saturated heterocycles. The van der Waals surface area contributed by atoms with Crippen molar-refractivity contribution in [3.05, 3.63) is 29.3 Å². The molecule has 1 aliphatic rings. The second-order valence-corrected chi connectivity index (χ2v) is 5.95. The number of carboxylic acids is 1. The number of amides is 2. The fraction of sp³-hybridized carbons (Fsp3) is 0.500. The molecule has 2 amide bonds. The Kier molecular flexibility index (Phi) is 4.50. The zero-order valence-corrected chi connectivity index (χ0v) is 12.6. The number of carbonyl (C=O) groups is 2. The van der Waals surface area contributed by atoms with Crippen LogP contribution in [-0.2, 0) is 0 Å². The number of urea groups is 1. The lowest BCUT2D eigenvalue weighted by Crippen LogP contribution is -2.40. The highest BCUT2D eigenvalue weighted by Gasteiger charge is 2.30. The quantitative estimate of drug-likeness (QED) is 0.799. The van der Waals surface area contributed by atoms with Crippen LogP contribution in [0, 0.1) is 18.8 Å². The van der Waals surface area contributed by atoms with Gasteiger partial charge in [0.2, 0.25) is 0 Å². The summed E-state index contributed by atoms with van der Waals surface area (Å²) >= 11 is 0. The first kappa shape index (κ1) is 15.4. The highest BCUT2D eigenvalue weighted by Crippen LogP contribution is 2.31. The molecule has 1 saturated carbocycles. The van der Waals surface area contributed by atoms with Gasteiger partial charge in [-0.3, -0.25) is 0 Å². The van der Waals surface area contributed by atoms with Crippen LogP contribution in [0.4, 0.5) is 10.5 Å². The van der Waals surface area contributed by atoms with Crippen LogP contribution in [0.25, 0.3) is 0 Å². The monoisotopic (exact) mass is 290 g/mol. The summed E-state index contributed by atoms with van der Waals surface area (Å²) in [4.78, 5) is 23.0. The van der Waals surface area contributed by atoms with E-state index in [1.165, 1.54) is 6.07 Å². The summed E-state index contributed by atoms with van der Waals surface area (Å²) in [5, 5.41) is 14.7. The van der Waals surface area contributed by atoms with Gasteiger partial charge in [-0.05, 0) is 55.4 Å². The van der Waals surface area contributed by atoms with E-state index in [4.69, 9.17) is 5.11 Å². The summed E-state index contributed by atoms with van der Waals surface area (Å²) in [6.07, 6.45) is 2.14. The molecule has 5 heteroatoms. The number of aryl methyl sites for hydroxylation is 1. The van der Waals surface area contributed by atoms with Gasteiger partial charge in [0.1, 0.15) is 0 Å². The maximum Gasteiger partial charge on any atom is 0.335 e. The zero-order valence-electron chi connectivity index (χ0n) is 12.6. The predicted octanol–water partition coefficient (Wildman–Crippen LogP) is 3.25. The molecule has 114 valence electrons. The van der Waals surface area contributed by atoms with Crippen molar-refractivity contribution in [2.24, 2.45) is 11.8 Å². The van der Waals surface area contributed by atoms with Gasteiger partial charge in [-0.15, -0.1) is 0 Å². The molecule has 21 heavy (non-hydrogen) atoms. The molecule has 0 heterocycles. The maximum absolute atomic E-state index is 12.0. The minimum absolute atomic E-state index is 0.208. The summed E-state index contributed by atoms with van der Waals surface area (Å²) in [6.45, 7) is 6.08. The SMILES string of the molecule is Cc1cc(NC(=O)NC2CCC(C)C2C)ccc1C(=O)O. The average molecular weight is 290 g/mol. The van der Waals surface area contributed by atoms with Gasteiger partial charge in [0, 0.05) is 11.7 Å². The van der Waals surface area contributed by atoms with E-state index in [-0.39, 0.29) is 17.6 Å². The molecule has 1 aliphatic carbocycles. The first-order chi connectivity index (χ1) is 9.88. The fourth-order valence-corrected chi connectivity index (χ4v) is 2.89. The van der Waals surface area contributed by atoms with Crippen molar-refractivity contribution in [3.8, 4) is 0 Å². The van der Waals surface area contributed by atoms with Crippen molar-refractivity contribution >= 4 is 17.7 Å². The lowest BCUT2D eigenvalue weighted by Gasteiger charge is -2.20. The average Bonchev–Trinajstić information content (AvgIpc) is 2.70. The molecule has 0 radical (unpaired) electrons. The molecule has 3 N–H and O–H groups in total. The molecule has 0 bridgehead atoms. The van der Waals surface area contributed by atoms with Crippen molar-refractivity contribution in [1.29, 1.82) is 0 Å². The standard InChI is InChI=1S/C16H22N2O3/c1-9-4-7-14(11(9)3)18-16(21)17-12-5-6-13(15(19)20)10(2)8-12/h5-6,8-9,11,14H,4,7H2,1-3H3,(H,19,20)(H2,17,18,21). The Balaban J connectivity index is 1.97. The van der Waals surface area contributed by atoms with Crippen LogP contribution in [-0.4, -0.2) is 23.1 Å². The van der Waals surface area contributed by atoms with Gasteiger partial charge in [-0.1, -0.05) is 13.8 Å². The first-order valence-corrected chi connectivity index (χ1v) is 7.30. The number of rotatable bonds is 3. The van der Waals surface area contributed by atoms with Crippen molar-refractivity contribution < 1.29 is 14.7 Å². The third kappa shape index (κ3) is 3.54. The Morgan fingerprint density at radius 1 is 1.24 bits per heavy atom. The number of hydrogen-bond donors (Lipinski definition) is 3. The van der Waals surface area contributed by atoms with Crippen LogP contribution in [0.5, 0.6) is 0 Å². The van der Waals surface area contributed by atoms with Crippen molar-refractivity contribution in [2.45, 2.75) is 39.7 Å². The molecular weight excluding hydrogens is 268 g/mol. The van der Waals surface area contributed by atoms with Crippen LogP contribution in [0.3, 0.4) is 0 Å². The summed E-state index contributed by atoms with van der Waals surface area (Å²) < 4.78 is 0. The summed E-state index contributed by atoms with van der Waals surface area (Å²) in [7, 11) is 0. The van der Waals surface area contributed by atoms with E-state index in [0.29, 0.717) is 23.1 Å². The Labute approximate surface area is 124 Å². The Morgan fingerprint density at radius 3 is 2.48 bits per heavy atom. The van der Waals surface area contributed by atoms with E-state index in [9.17, 15) is 9.59 Å². The topological polar surface area (TPSA) is 78.4 Å². The second-order valence-electron chi connectivity index (χ2n) is 5.95. The largest absolute Gasteiger partial charge is 0.478 e. The van der Waals surface area contributed by atoms with Crippen molar-refractivity contribution in [3.63, 3.8) is 0 Å². The van der Waals surface area contributed by atoms with Crippen LogP contribution in [0.2, 0.25) is 0 Å². The normalized spacial score (nSPS) is 24.6. The number of carbonyl (C=O) groups excluding carboxylic acids is 1. The van der Waals surface area contributed by atoms with Gasteiger partial charge in [0.05, 0.1) is 5.56 Å². The number of anilines is 1. The number of carboxylic acid groups (broad SMARTS) is 1. The summed E-state index contributed by atoms with van der Waals surface area (Å²) in [5.74, 6) is 0.150. The molecule has 1 aromatic carbocycles. The number of nitrogens with one attached hydrogen (secondary N) is 2. The molecule has 0 spiro atoms. The molecule has 0 aromatic heterocycles. The van der Waals surface area contributed by atoms with Crippen LogP contribution < -0.4 is 10.6 Å². The highest BCUT2D eigenvalue weighted by molar-refractivity contribution is 5.92. The Bertz CT molecular complexity index is 556. The highest BCUT2D eigenvalue weighted by atomic mass is 16.4. The predicted molar refractivity (Wildman–Crippen MR) is 81.6 cm³/mol. The molecule has 3 atom stereocenters. The van der Waals surface area contributed by atoms with Gasteiger partial charge < -0.3 is 15.7 Å². The lowest BCUT2D eigenvalue weighted by atomic mass is 9.98. The number of aromatic carboxylic acids is 1. The number of hydrogen-bond acceptors (Lipinski definition) is 2. The Morgan fingerprint density at radius 2 is 1.95 bits per heavy atom. The van der Waals surface area contributed by atoms with E-state index in [0.717, 1.165) is 12.8 Å². The van der Waals surface area contributed by atoms with Gasteiger partial charge in [-0.25, -0.2) is 9.59 Å². The molecule has 3 unspecified atom stereocenters. The number of benzene rings is 1. The maximum atomic E-state index is 12.0. The van der Waals surface area contributed by atoms with E-state index in [1.54, 1.807) is 19.1 Å². The minimum Gasteiger partial charge on any atom is -0.478 e. The van der Waals surface area contributed by atoms with Crippen molar-refractivity contribution in [1.82, 2.24) is 5.32 Å². The van der Waals surface area contributed by atoms with Crippen LogP contribution in [0.15, 0.2) is 18.2 Å². The molecule has 1 aromatic rings. The van der Waals surface area contributed by atoms with E-state index < -0.39 is 5.97 Å². The van der Waals surface area contributed by atoms with Gasteiger partial charge in [0.15, 0.2) is 0 Å². The van der Waals surface area contributed by atoms with E-state index in [1.807, 2.05) is 0 Å². The zero-order chi connectivity index (χ0) is 15.6. The fourth-order valence-electron chi connectivity index (χ4n) is 2.89. The molecule has 0 aliphatic heterocycles. The van der Waals surface area contributed by atoms with Crippen LogP contribution >= 0.6 is 0 Å². The first-order valence-electron chi connectivity index (χ1n) is 7.30. The smallest absolute Gasteiger partial charge is 0.335 e. The molecule has 5 nitrogen and oxygen atoms in total. The minimum atomic E-state index is -0.961. The molecular formula is C16H22N2O3. The lowest BCUT2D eigenvalue weighted by molar-refractivity contribution is 0.0696. The third-order valence-corrected chi connectivity index (χ3v) is 4.50. The summed E-state index contributed by atoms with van der Waals surface area (Å²) in [6, 6.07) is 4.76.